The first-order chi connectivity index (χ1) is 12.3. The highest BCUT2D eigenvalue weighted by Crippen LogP contribution is 2.30. The van der Waals surface area contributed by atoms with Crippen molar-refractivity contribution < 1.29 is 9.84 Å². The number of methoxy groups -OCH3 is 1. The molecule has 1 aromatic carbocycles. The summed E-state index contributed by atoms with van der Waals surface area (Å²) in [5.41, 5.74) is 0.516. The number of H-pyrrole nitrogens is 1. The molecule has 8 nitrogen and oxygen atoms in total. The second-order valence-corrected chi connectivity index (χ2v) is 6.37. The van der Waals surface area contributed by atoms with E-state index in [-0.39, 0.29) is 28.3 Å². The zero-order chi connectivity index (χ0) is 19.3. The predicted molar refractivity (Wildman–Crippen MR) is 94.7 cm³/mol. The van der Waals surface area contributed by atoms with Gasteiger partial charge in [0.15, 0.2) is 5.76 Å². The molecule has 0 aliphatic rings. The molecule has 0 radical (unpaired) electrons. The molecule has 2 rings (SSSR count). The number of nitrogens with zero attached hydrogens (tertiary/aromatic N) is 5. The van der Waals surface area contributed by atoms with Crippen LogP contribution in [0.5, 0.6) is 5.75 Å². The van der Waals surface area contributed by atoms with Gasteiger partial charge >= 0.3 is 0 Å². The van der Waals surface area contributed by atoms with Crippen LogP contribution in [0.4, 0.5) is 5.82 Å². The van der Waals surface area contributed by atoms with Gasteiger partial charge in [0.2, 0.25) is 11.5 Å². The molecular formula is C18H18N6O2. The normalized spacial score (nSPS) is 12.4. The van der Waals surface area contributed by atoms with Crippen molar-refractivity contribution in [3.8, 4) is 17.9 Å². The molecule has 132 valence electrons. The van der Waals surface area contributed by atoms with Crippen molar-refractivity contribution >= 4 is 11.6 Å². The van der Waals surface area contributed by atoms with Crippen LogP contribution in [-0.2, 0) is 5.41 Å². The van der Waals surface area contributed by atoms with Gasteiger partial charge in [0, 0.05) is 5.41 Å². The van der Waals surface area contributed by atoms with Gasteiger partial charge in [-0.05, 0) is 12.1 Å². The molecule has 0 aliphatic carbocycles. The maximum absolute atomic E-state index is 10.4. The average Bonchev–Trinajstić information content (AvgIpc) is 3.05. The van der Waals surface area contributed by atoms with Gasteiger partial charge in [-0.15, -0.1) is 10.2 Å². The number of ether oxygens (including phenoxy) is 1. The fraction of sp³-hybridized carbons (Fsp3) is 0.278. The minimum Gasteiger partial charge on any atom is -0.504 e. The number of nitrogens with one attached hydrogen (secondary N) is 1. The fourth-order valence-electron chi connectivity index (χ4n) is 2.24. The van der Waals surface area contributed by atoms with Crippen molar-refractivity contribution in [2.24, 2.45) is 10.2 Å². The van der Waals surface area contributed by atoms with Gasteiger partial charge in [0.25, 0.3) is 0 Å². The van der Waals surface area contributed by atoms with Crippen molar-refractivity contribution in [2.75, 3.05) is 7.11 Å². The minimum absolute atomic E-state index is 0.0537. The first-order valence-corrected chi connectivity index (χ1v) is 7.70. The number of allylic oxidation sites excluding steroid dienone is 1. The fourth-order valence-corrected chi connectivity index (χ4v) is 2.24. The van der Waals surface area contributed by atoms with Crippen molar-refractivity contribution in [2.45, 2.75) is 26.2 Å². The van der Waals surface area contributed by atoms with Crippen LogP contribution in [0.25, 0.3) is 5.76 Å². The van der Waals surface area contributed by atoms with Crippen molar-refractivity contribution in [3.63, 3.8) is 0 Å². The first-order valence-electron chi connectivity index (χ1n) is 7.70. The summed E-state index contributed by atoms with van der Waals surface area (Å²) in [5, 5.41) is 43.4. The Hall–Kier alpha value is -3.65. The molecule has 0 unspecified atom stereocenters. The maximum Gasteiger partial charge on any atom is 0.213 e. The molecule has 0 aliphatic heterocycles. The van der Waals surface area contributed by atoms with E-state index >= 15 is 0 Å². The number of azo groups is 1. The minimum atomic E-state index is -0.376. The molecule has 0 atom stereocenters. The lowest BCUT2D eigenvalue weighted by molar-refractivity contribution is 0.408. The zero-order valence-electron chi connectivity index (χ0n) is 14.9. The van der Waals surface area contributed by atoms with Gasteiger partial charge < -0.3 is 9.84 Å². The lowest BCUT2D eigenvalue weighted by Gasteiger charge is -2.15. The van der Waals surface area contributed by atoms with Crippen LogP contribution >= 0.6 is 0 Å². The van der Waals surface area contributed by atoms with Crippen molar-refractivity contribution in [1.82, 2.24) is 10.2 Å². The second-order valence-electron chi connectivity index (χ2n) is 6.37. The number of hydrogen-bond acceptors (Lipinski definition) is 7. The number of para-hydroxylation sites is 1. The molecule has 1 aromatic heterocycles. The van der Waals surface area contributed by atoms with Gasteiger partial charge in [0.1, 0.15) is 23.5 Å². The Bertz CT molecular complexity index is 951. The number of hydrogen-bond donors (Lipinski definition) is 2. The topological polar surface area (TPSA) is 130 Å². The van der Waals surface area contributed by atoms with Gasteiger partial charge in [-0.1, -0.05) is 32.9 Å². The largest absolute Gasteiger partial charge is 0.504 e. The molecule has 0 saturated carbocycles. The summed E-state index contributed by atoms with van der Waals surface area (Å²) >= 11 is 0. The monoisotopic (exact) mass is 350 g/mol. The van der Waals surface area contributed by atoms with E-state index in [1.807, 2.05) is 26.8 Å². The van der Waals surface area contributed by atoms with Gasteiger partial charge in [-0.25, -0.2) is 0 Å². The molecule has 2 N–H and O–H groups in total. The standard InChI is InChI=1S/C18H18N6O2/c1-18(2,3)16-12(9-19)17(24-22-16)23-21-13(10-20)15(25)11-7-5-6-8-14(11)26-4/h5-8,25H,1-4H3,(H,22,24)/b15-13-,23-21+. The summed E-state index contributed by atoms with van der Waals surface area (Å²) in [6, 6.07) is 10.5. The van der Waals surface area contributed by atoms with Crippen molar-refractivity contribution in [3.05, 3.63) is 46.8 Å². The van der Waals surface area contributed by atoms with Crippen LogP contribution in [0.15, 0.2) is 40.2 Å². The number of benzene rings is 1. The number of aromatic amines is 1. The highest BCUT2D eigenvalue weighted by atomic mass is 16.5. The smallest absolute Gasteiger partial charge is 0.213 e. The van der Waals surface area contributed by atoms with Crippen LogP contribution in [0.2, 0.25) is 0 Å². The molecule has 0 fully saturated rings. The third kappa shape index (κ3) is 3.70. The molecule has 8 heteroatoms. The van der Waals surface area contributed by atoms with E-state index in [0.717, 1.165) is 0 Å². The third-order valence-electron chi connectivity index (χ3n) is 3.55. The molecule has 0 saturated heterocycles. The van der Waals surface area contributed by atoms with E-state index < -0.39 is 0 Å². The van der Waals surface area contributed by atoms with E-state index in [1.54, 1.807) is 30.3 Å². The van der Waals surface area contributed by atoms with E-state index in [1.165, 1.54) is 7.11 Å². The lowest BCUT2D eigenvalue weighted by atomic mass is 9.90. The molecule has 2 aromatic rings. The summed E-state index contributed by atoms with van der Waals surface area (Å²) in [6.45, 7) is 5.78. The quantitative estimate of drug-likeness (QED) is 0.486. The van der Waals surface area contributed by atoms with E-state index in [9.17, 15) is 15.6 Å². The molecular weight excluding hydrogens is 332 g/mol. The number of aliphatic hydroxyl groups excluding tert-OH is 1. The molecule has 0 amide bonds. The molecule has 0 bridgehead atoms. The Kier molecular flexibility index (Phi) is 5.39. The third-order valence-corrected chi connectivity index (χ3v) is 3.55. The van der Waals surface area contributed by atoms with Crippen LogP contribution in [0.1, 0.15) is 37.6 Å². The van der Waals surface area contributed by atoms with E-state index in [2.05, 4.69) is 20.4 Å². The number of aliphatic hydroxyl groups is 1. The second kappa shape index (κ2) is 7.49. The van der Waals surface area contributed by atoms with Gasteiger partial charge in [-0.3, -0.25) is 5.10 Å². The summed E-state index contributed by atoms with van der Waals surface area (Å²) in [6.07, 6.45) is 0. The first kappa shape index (κ1) is 18.7. The lowest BCUT2D eigenvalue weighted by Crippen LogP contribution is -2.13. The van der Waals surface area contributed by atoms with Gasteiger partial charge in [0.05, 0.1) is 18.4 Å². The maximum atomic E-state index is 10.4. The highest BCUT2D eigenvalue weighted by molar-refractivity contribution is 5.69. The Labute approximate surface area is 151 Å². The predicted octanol–water partition coefficient (Wildman–Crippen LogP) is 4.12. The number of nitriles is 2. The van der Waals surface area contributed by atoms with Crippen LogP contribution < -0.4 is 4.74 Å². The molecule has 0 spiro atoms. The Morgan fingerprint density at radius 2 is 1.96 bits per heavy atom. The highest BCUT2D eigenvalue weighted by Gasteiger charge is 2.24. The van der Waals surface area contributed by atoms with E-state index in [4.69, 9.17) is 4.74 Å². The van der Waals surface area contributed by atoms with Crippen molar-refractivity contribution in [1.29, 1.82) is 10.5 Å². The Morgan fingerprint density at radius 3 is 2.54 bits per heavy atom. The van der Waals surface area contributed by atoms with E-state index in [0.29, 0.717) is 17.0 Å². The summed E-state index contributed by atoms with van der Waals surface area (Å²) < 4.78 is 5.16. The summed E-state index contributed by atoms with van der Waals surface area (Å²) in [5.74, 6) is 0.0669. The summed E-state index contributed by atoms with van der Waals surface area (Å²) in [4.78, 5) is 0. The SMILES string of the molecule is COc1ccccc1/C(O)=C(C#N)/N=N/c1n[nH]c(C(C)(C)C)c1C#N. The molecule has 1 heterocycles. The number of rotatable bonds is 4. The van der Waals surface area contributed by atoms with Crippen LogP contribution in [0, 0.1) is 22.7 Å². The zero-order valence-corrected chi connectivity index (χ0v) is 14.9. The summed E-state index contributed by atoms with van der Waals surface area (Å²) in [7, 11) is 1.45. The molecule has 26 heavy (non-hydrogen) atoms. The van der Waals surface area contributed by atoms with Crippen LogP contribution in [-0.4, -0.2) is 22.4 Å². The number of aromatic nitrogens is 2. The Balaban J connectivity index is 2.48. The Morgan fingerprint density at radius 1 is 1.27 bits per heavy atom. The average molecular weight is 350 g/mol. The van der Waals surface area contributed by atoms with Gasteiger partial charge in [-0.2, -0.15) is 15.6 Å². The van der Waals surface area contributed by atoms with Crippen LogP contribution in [0.3, 0.4) is 0 Å².